The molecule has 0 atom stereocenters. The normalized spacial score (nSPS) is 15.9. The lowest BCUT2D eigenvalue weighted by molar-refractivity contribution is -0.121. The maximum Gasteiger partial charge on any atom is 0.328 e. The van der Waals surface area contributed by atoms with Crippen LogP contribution in [0, 0.1) is 6.92 Å². The summed E-state index contributed by atoms with van der Waals surface area (Å²) in [6.07, 6.45) is 1.78. The summed E-state index contributed by atoms with van der Waals surface area (Å²) in [5, 5.41) is 3.70. The third-order valence-electron chi connectivity index (χ3n) is 4.83. The zero-order valence-corrected chi connectivity index (χ0v) is 14.7. The van der Waals surface area contributed by atoms with Crippen LogP contribution in [-0.4, -0.2) is 28.5 Å². The fraction of sp³-hybridized carbons (Fsp3) is 0.143. The molecule has 3 aromatic rings. The molecule has 3 amide bonds. The molecule has 2 heterocycles. The molecule has 1 fully saturated rings. The molecule has 0 saturated carbocycles. The van der Waals surface area contributed by atoms with Gasteiger partial charge in [0.1, 0.15) is 5.70 Å². The molecule has 0 radical (unpaired) electrons. The maximum atomic E-state index is 12.2. The van der Waals surface area contributed by atoms with Crippen molar-refractivity contribution in [1.82, 2.24) is 14.8 Å². The van der Waals surface area contributed by atoms with Gasteiger partial charge in [-0.2, -0.15) is 0 Å². The van der Waals surface area contributed by atoms with Gasteiger partial charge in [0, 0.05) is 35.8 Å². The van der Waals surface area contributed by atoms with Crippen molar-refractivity contribution in [2.75, 3.05) is 7.05 Å². The molecule has 1 N–H and O–H groups in total. The van der Waals surface area contributed by atoms with E-state index in [0.29, 0.717) is 5.70 Å². The Morgan fingerprint density at radius 1 is 1.00 bits per heavy atom. The third-order valence-corrected chi connectivity index (χ3v) is 4.83. The summed E-state index contributed by atoms with van der Waals surface area (Å²) in [5.74, 6) is -0.311. The van der Waals surface area contributed by atoms with Gasteiger partial charge in [-0.25, -0.2) is 4.79 Å². The Hall–Kier alpha value is -3.34. The summed E-state index contributed by atoms with van der Waals surface area (Å²) in [6, 6.07) is 18.0. The molecule has 130 valence electrons. The van der Waals surface area contributed by atoms with Gasteiger partial charge in [0.05, 0.1) is 0 Å². The van der Waals surface area contributed by atoms with Crippen molar-refractivity contribution in [3.05, 3.63) is 77.1 Å². The predicted molar refractivity (Wildman–Crippen MR) is 101 cm³/mol. The van der Waals surface area contributed by atoms with E-state index in [2.05, 4.69) is 28.1 Å². The van der Waals surface area contributed by atoms with Crippen molar-refractivity contribution in [2.24, 2.45) is 0 Å². The summed E-state index contributed by atoms with van der Waals surface area (Å²) < 4.78 is 2.24. The average molecular weight is 345 g/mol. The number of amides is 3. The number of fused-ring (bicyclic) bond motifs is 1. The van der Waals surface area contributed by atoms with E-state index in [0.717, 1.165) is 33.6 Å². The number of nitrogens with one attached hydrogen (secondary N) is 1. The van der Waals surface area contributed by atoms with Crippen molar-refractivity contribution in [3.8, 4) is 0 Å². The van der Waals surface area contributed by atoms with E-state index >= 15 is 0 Å². The number of benzene rings is 2. The van der Waals surface area contributed by atoms with Gasteiger partial charge in [0.25, 0.3) is 5.91 Å². The summed E-state index contributed by atoms with van der Waals surface area (Å²) in [6.45, 7) is 2.79. The molecule has 1 aliphatic heterocycles. The number of rotatable bonds is 3. The Morgan fingerprint density at radius 2 is 1.69 bits per heavy atom. The van der Waals surface area contributed by atoms with Crippen LogP contribution >= 0.6 is 0 Å². The van der Waals surface area contributed by atoms with Gasteiger partial charge in [-0.05, 0) is 24.6 Å². The topological polar surface area (TPSA) is 54.3 Å². The zero-order valence-electron chi connectivity index (χ0n) is 14.7. The van der Waals surface area contributed by atoms with E-state index in [1.54, 1.807) is 6.08 Å². The number of carbonyl (C=O) groups excluding carboxylic acids is 2. The van der Waals surface area contributed by atoms with Crippen molar-refractivity contribution in [1.29, 1.82) is 0 Å². The average Bonchev–Trinajstić information content (AvgIpc) is 3.06. The minimum atomic E-state index is -0.396. The Morgan fingerprint density at radius 3 is 2.38 bits per heavy atom. The van der Waals surface area contributed by atoms with Crippen molar-refractivity contribution in [3.63, 3.8) is 0 Å². The minimum Gasteiger partial charge on any atom is -0.340 e. The smallest absolute Gasteiger partial charge is 0.328 e. The highest BCUT2D eigenvalue weighted by molar-refractivity contribution is 6.14. The Kier molecular flexibility index (Phi) is 3.84. The van der Waals surface area contributed by atoms with Crippen LogP contribution < -0.4 is 5.32 Å². The molecule has 0 unspecified atom stereocenters. The van der Waals surface area contributed by atoms with E-state index in [-0.39, 0.29) is 5.91 Å². The fourth-order valence-corrected chi connectivity index (χ4v) is 3.38. The van der Waals surface area contributed by atoms with Crippen molar-refractivity contribution >= 4 is 28.9 Å². The first-order valence-corrected chi connectivity index (χ1v) is 8.49. The molecular formula is C21H19N3O2. The predicted octanol–water partition coefficient (Wildman–Crippen LogP) is 3.52. The molecule has 5 nitrogen and oxygen atoms in total. The van der Waals surface area contributed by atoms with E-state index in [4.69, 9.17) is 0 Å². The first-order chi connectivity index (χ1) is 12.6. The highest BCUT2D eigenvalue weighted by atomic mass is 16.2. The second kappa shape index (κ2) is 6.19. The number of carbonyl (C=O) groups is 2. The fourth-order valence-electron chi connectivity index (χ4n) is 3.38. The first kappa shape index (κ1) is 16.1. The lowest BCUT2D eigenvalue weighted by atomic mass is 10.1. The number of imide groups is 1. The highest BCUT2D eigenvalue weighted by Gasteiger charge is 2.30. The summed E-state index contributed by atoms with van der Waals surface area (Å²) in [7, 11) is 1.48. The van der Waals surface area contributed by atoms with Crippen molar-refractivity contribution < 1.29 is 9.59 Å². The number of nitrogens with zero attached hydrogens (tertiary/aromatic N) is 2. The maximum absolute atomic E-state index is 12.2. The number of para-hydroxylation sites is 1. The highest BCUT2D eigenvalue weighted by Crippen LogP contribution is 2.29. The molecule has 0 spiro atoms. The second-order valence-corrected chi connectivity index (χ2v) is 6.44. The van der Waals surface area contributed by atoms with Crippen LogP contribution in [0.15, 0.2) is 60.3 Å². The standard InChI is InChI=1S/C21H19N3O2/c1-14-17(12-18-20(25)23(2)21(26)22-18)16-10-6-7-11-19(16)24(14)13-15-8-4-3-5-9-15/h3-12H,13H2,1-2H3,(H,22,26)/b18-12+. The van der Waals surface area contributed by atoms with E-state index < -0.39 is 6.03 Å². The van der Waals surface area contributed by atoms with Crippen LogP contribution in [0.25, 0.3) is 17.0 Å². The molecule has 1 aromatic heterocycles. The summed E-state index contributed by atoms with van der Waals surface area (Å²) in [5.41, 5.74) is 4.63. The van der Waals surface area contributed by atoms with Gasteiger partial charge in [-0.1, -0.05) is 48.5 Å². The van der Waals surface area contributed by atoms with Crippen LogP contribution in [0.2, 0.25) is 0 Å². The van der Waals surface area contributed by atoms with E-state index in [1.165, 1.54) is 12.6 Å². The summed E-state index contributed by atoms with van der Waals surface area (Å²) in [4.78, 5) is 25.0. The minimum absolute atomic E-state index is 0.309. The van der Waals surface area contributed by atoms with Crippen LogP contribution in [0.5, 0.6) is 0 Å². The molecule has 4 rings (SSSR count). The Bertz CT molecular complexity index is 1050. The third kappa shape index (κ3) is 2.58. The van der Waals surface area contributed by atoms with Crippen LogP contribution in [-0.2, 0) is 11.3 Å². The lowest BCUT2D eigenvalue weighted by Crippen LogP contribution is -2.25. The number of hydrogen-bond donors (Lipinski definition) is 1. The van der Waals surface area contributed by atoms with E-state index in [9.17, 15) is 9.59 Å². The van der Waals surface area contributed by atoms with Gasteiger partial charge in [-0.15, -0.1) is 0 Å². The van der Waals surface area contributed by atoms with Gasteiger partial charge < -0.3 is 9.88 Å². The molecule has 1 saturated heterocycles. The Labute approximate surface area is 151 Å². The monoisotopic (exact) mass is 345 g/mol. The van der Waals surface area contributed by atoms with Gasteiger partial charge in [0.2, 0.25) is 0 Å². The number of aromatic nitrogens is 1. The first-order valence-electron chi connectivity index (χ1n) is 8.49. The Balaban J connectivity index is 1.85. The van der Waals surface area contributed by atoms with E-state index in [1.807, 2.05) is 43.3 Å². The molecular weight excluding hydrogens is 326 g/mol. The van der Waals surface area contributed by atoms with Crippen LogP contribution in [0.1, 0.15) is 16.8 Å². The summed E-state index contributed by atoms with van der Waals surface area (Å²) >= 11 is 0. The molecule has 5 heteroatoms. The zero-order chi connectivity index (χ0) is 18.3. The number of likely N-dealkylation sites (N-methyl/N-ethyl adjacent to an activating group) is 1. The molecule has 2 aromatic carbocycles. The largest absolute Gasteiger partial charge is 0.340 e. The van der Waals surface area contributed by atoms with Crippen LogP contribution in [0.3, 0.4) is 0 Å². The van der Waals surface area contributed by atoms with Gasteiger partial charge >= 0.3 is 6.03 Å². The van der Waals surface area contributed by atoms with Gasteiger partial charge in [-0.3, -0.25) is 9.69 Å². The SMILES string of the molecule is Cc1c(/C=C2/NC(=O)N(C)C2=O)c2ccccc2n1Cc1ccccc1. The molecule has 1 aliphatic rings. The quantitative estimate of drug-likeness (QED) is 0.583. The van der Waals surface area contributed by atoms with Gasteiger partial charge in [0.15, 0.2) is 0 Å². The van der Waals surface area contributed by atoms with Crippen molar-refractivity contribution in [2.45, 2.75) is 13.5 Å². The van der Waals surface area contributed by atoms with Crippen LogP contribution in [0.4, 0.5) is 4.79 Å². The lowest BCUT2D eigenvalue weighted by Gasteiger charge is -2.08. The molecule has 26 heavy (non-hydrogen) atoms. The second-order valence-electron chi connectivity index (χ2n) is 6.44. The number of urea groups is 1. The number of hydrogen-bond acceptors (Lipinski definition) is 2. The molecule has 0 bridgehead atoms. The molecule has 0 aliphatic carbocycles.